The summed E-state index contributed by atoms with van der Waals surface area (Å²) in [6.45, 7) is 3.32. The Hall–Kier alpha value is 0.01000. The van der Waals surface area contributed by atoms with Crippen LogP contribution in [0, 0.1) is 0 Å². The summed E-state index contributed by atoms with van der Waals surface area (Å²) in [5.74, 6) is 1.17. The van der Waals surface area contributed by atoms with E-state index < -0.39 is 0 Å². The van der Waals surface area contributed by atoms with Crippen LogP contribution in [0.5, 0.6) is 0 Å². The van der Waals surface area contributed by atoms with Gasteiger partial charge >= 0.3 is 0 Å². The van der Waals surface area contributed by atoms with Gasteiger partial charge in [-0.2, -0.15) is 11.8 Å². The Balaban J connectivity index is 2.52. The topological polar surface area (TPSA) is 12.0 Å². The van der Waals surface area contributed by atoms with E-state index in [1.165, 1.54) is 22.2 Å². The lowest BCUT2D eigenvalue weighted by molar-refractivity contribution is 0.550. The van der Waals surface area contributed by atoms with Gasteiger partial charge in [0.15, 0.2) is 0 Å². The molecular weight excluding hydrogens is 282 g/mol. The molecule has 0 spiro atoms. The molecule has 3 heteroatoms. The van der Waals surface area contributed by atoms with Crippen LogP contribution in [0.3, 0.4) is 0 Å². The van der Waals surface area contributed by atoms with E-state index in [0.29, 0.717) is 6.04 Å². The Labute approximate surface area is 112 Å². The lowest BCUT2D eigenvalue weighted by atomic mass is 10.1. The fourth-order valence-electron chi connectivity index (χ4n) is 1.69. The Morgan fingerprint density at radius 1 is 1.44 bits per heavy atom. The van der Waals surface area contributed by atoms with Gasteiger partial charge in [0.05, 0.1) is 0 Å². The largest absolute Gasteiger partial charge is 0.313 e. The molecule has 0 saturated carbocycles. The molecule has 90 valence electrons. The predicted molar refractivity (Wildman–Crippen MR) is 78.3 cm³/mol. The molecule has 1 rings (SSSR count). The van der Waals surface area contributed by atoms with Crippen LogP contribution in [-0.2, 0) is 6.42 Å². The molecule has 0 fully saturated rings. The van der Waals surface area contributed by atoms with Gasteiger partial charge in [-0.1, -0.05) is 35.0 Å². The lowest BCUT2D eigenvalue weighted by Crippen LogP contribution is -2.33. The first-order valence-corrected chi connectivity index (χ1v) is 7.91. The van der Waals surface area contributed by atoms with E-state index in [0.717, 1.165) is 13.0 Å². The molecule has 0 aromatic heterocycles. The smallest absolute Gasteiger partial charge is 0.0198 e. The minimum absolute atomic E-state index is 0.587. The standard InChI is InChI=1S/C13H20BrNS/c1-3-7-15-13(10-16-2)9-11-5-4-6-12(14)8-11/h4-6,8,13,15H,3,7,9-10H2,1-2H3. The van der Waals surface area contributed by atoms with Crippen LogP contribution in [0.25, 0.3) is 0 Å². The van der Waals surface area contributed by atoms with Crippen molar-refractivity contribution in [3.8, 4) is 0 Å². The summed E-state index contributed by atoms with van der Waals surface area (Å²) in [5, 5.41) is 3.60. The monoisotopic (exact) mass is 301 g/mol. The number of thioether (sulfide) groups is 1. The molecule has 1 N–H and O–H groups in total. The van der Waals surface area contributed by atoms with Crippen LogP contribution in [0.4, 0.5) is 0 Å². The van der Waals surface area contributed by atoms with E-state index in [4.69, 9.17) is 0 Å². The number of benzene rings is 1. The van der Waals surface area contributed by atoms with Crippen LogP contribution in [0.1, 0.15) is 18.9 Å². The second-order valence-corrected chi connectivity index (χ2v) is 5.77. The van der Waals surface area contributed by atoms with Crippen molar-refractivity contribution >= 4 is 27.7 Å². The summed E-state index contributed by atoms with van der Waals surface area (Å²) in [7, 11) is 0. The van der Waals surface area contributed by atoms with E-state index in [-0.39, 0.29) is 0 Å². The van der Waals surface area contributed by atoms with Crippen molar-refractivity contribution in [1.29, 1.82) is 0 Å². The molecule has 0 saturated heterocycles. The van der Waals surface area contributed by atoms with E-state index in [2.05, 4.69) is 58.7 Å². The number of hydrogen-bond donors (Lipinski definition) is 1. The zero-order valence-corrected chi connectivity index (χ0v) is 12.4. The molecule has 0 heterocycles. The third kappa shape index (κ3) is 5.37. The Morgan fingerprint density at radius 3 is 2.88 bits per heavy atom. The van der Waals surface area contributed by atoms with Gasteiger partial charge in [-0.15, -0.1) is 0 Å². The molecule has 0 aliphatic heterocycles. The Morgan fingerprint density at radius 2 is 2.25 bits per heavy atom. The van der Waals surface area contributed by atoms with Gasteiger partial charge in [-0.3, -0.25) is 0 Å². The summed E-state index contributed by atoms with van der Waals surface area (Å²) in [6, 6.07) is 9.18. The van der Waals surface area contributed by atoms with Crippen molar-refractivity contribution in [2.24, 2.45) is 0 Å². The van der Waals surface area contributed by atoms with Crippen LogP contribution < -0.4 is 5.32 Å². The molecule has 0 aliphatic rings. The molecule has 1 nitrogen and oxygen atoms in total. The van der Waals surface area contributed by atoms with E-state index in [1.54, 1.807) is 0 Å². The SMILES string of the molecule is CCCNC(CSC)Cc1cccc(Br)c1. The van der Waals surface area contributed by atoms with Crippen molar-refractivity contribution in [3.63, 3.8) is 0 Å². The molecule has 0 aliphatic carbocycles. The predicted octanol–water partition coefficient (Wildman–Crippen LogP) is 3.72. The highest BCUT2D eigenvalue weighted by Gasteiger charge is 2.07. The quantitative estimate of drug-likeness (QED) is 0.824. The lowest BCUT2D eigenvalue weighted by Gasteiger charge is -2.17. The fourth-order valence-corrected chi connectivity index (χ4v) is 2.77. The average Bonchev–Trinajstić information content (AvgIpc) is 2.26. The Bertz CT molecular complexity index is 304. The highest BCUT2D eigenvalue weighted by Crippen LogP contribution is 2.14. The summed E-state index contributed by atoms with van der Waals surface area (Å²) in [5.41, 5.74) is 1.40. The first-order chi connectivity index (χ1) is 7.76. The molecule has 0 radical (unpaired) electrons. The van der Waals surface area contributed by atoms with Crippen molar-refractivity contribution in [2.75, 3.05) is 18.6 Å². The second-order valence-electron chi connectivity index (χ2n) is 3.94. The van der Waals surface area contributed by atoms with Crippen LogP contribution in [-0.4, -0.2) is 24.6 Å². The van der Waals surface area contributed by atoms with Crippen molar-refractivity contribution in [1.82, 2.24) is 5.32 Å². The fraction of sp³-hybridized carbons (Fsp3) is 0.538. The second kappa shape index (κ2) is 8.15. The molecular formula is C13H20BrNS. The van der Waals surface area contributed by atoms with Gasteiger partial charge in [0, 0.05) is 16.3 Å². The highest BCUT2D eigenvalue weighted by atomic mass is 79.9. The number of halogens is 1. The molecule has 1 unspecified atom stereocenters. The van der Waals surface area contributed by atoms with Crippen LogP contribution in [0.15, 0.2) is 28.7 Å². The number of nitrogens with one attached hydrogen (secondary N) is 1. The first-order valence-electron chi connectivity index (χ1n) is 5.73. The molecule has 1 aromatic carbocycles. The molecule has 0 amide bonds. The zero-order valence-electron chi connectivity index (χ0n) is 10.0. The summed E-state index contributed by atoms with van der Waals surface area (Å²) in [4.78, 5) is 0. The summed E-state index contributed by atoms with van der Waals surface area (Å²) >= 11 is 5.43. The van der Waals surface area contributed by atoms with Crippen molar-refractivity contribution < 1.29 is 0 Å². The molecule has 0 bridgehead atoms. The van der Waals surface area contributed by atoms with Crippen LogP contribution in [0.2, 0.25) is 0 Å². The maximum Gasteiger partial charge on any atom is 0.0198 e. The van der Waals surface area contributed by atoms with Gasteiger partial charge in [-0.25, -0.2) is 0 Å². The maximum atomic E-state index is 3.60. The zero-order chi connectivity index (χ0) is 11.8. The van der Waals surface area contributed by atoms with Gasteiger partial charge in [0.2, 0.25) is 0 Å². The van der Waals surface area contributed by atoms with E-state index in [1.807, 2.05) is 11.8 Å². The molecule has 1 atom stereocenters. The average molecular weight is 302 g/mol. The Kier molecular flexibility index (Phi) is 7.17. The van der Waals surface area contributed by atoms with Gasteiger partial charge in [0.1, 0.15) is 0 Å². The third-order valence-corrected chi connectivity index (χ3v) is 3.65. The third-order valence-electron chi connectivity index (χ3n) is 2.42. The van der Waals surface area contributed by atoms with Gasteiger partial charge in [-0.05, 0) is 43.3 Å². The van der Waals surface area contributed by atoms with Crippen molar-refractivity contribution in [2.45, 2.75) is 25.8 Å². The minimum Gasteiger partial charge on any atom is -0.313 e. The van der Waals surface area contributed by atoms with Gasteiger partial charge in [0.25, 0.3) is 0 Å². The number of rotatable bonds is 7. The first kappa shape index (κ1) is 14.1. The number of hydrogen-bond acceptors (Lipinski definition) is 2. The normalized spacial score (nSPS) is 12.7. The summed E-state index contributed by atoms with van der Waals surface area (Å²) in [6.07, 6.45) is 4.48. The van der Waals surface area contributed by atoms with Crippen LogP contribution >= 0.6 is 27.7 Å². The minimum atomic E-state index is 0.587. The van der Waals surface area contributed by atoms with E-state index in [9.17, 15) is 0 Å². The summed E-state index contributed by atoms with van der Waals surface area (Å²) < 4.78 is 1.17. The maximum absolute atomic E-state index is 3.60. The van der Waals surface area contributed by atoms with Gasteiger partial charge < -0.3 is 5.32 Å². The van der Waals surface area contributed by atoms with E-state index >= 15 is 0 Å². The van der Waals surface area contributed by atoms with Crippen molar-refractivity contribution in [3.05, 3.63) is 34.3 Å². The molecule has 16 heavy (non-hydrogen) atoms. The highest BCUT2D eigenvalue weighted by molar-refractivity contribution is 9.10. The molecule has 1 aromatic rings.